The number of H-pyrrole nitrogens is 1. The van der Waals surface area contributed by atoms with Gasteiger partial charge in [0.2, 0.25) is 5.91 Å². The molecule has 0 unspecified atom stereocenters. The SMILES string of the molecule is O=C(N[C@@H](Cc1cc(Br)c(O)c(Br)c1)C(=O)N1CCC(c2ccncc2)CC1)N1CCC(n2c(=O)[nH]c3cccnc32)CC1. The van der Waals surface area contributed by atoms with Crippen molar-refractivity contribution in [3.63, 3.8) is 0 Å². The van der Waals surface area contributed by atoms with Gasteiger partial charge in [-0.3, -0.25) is 14.3 Å². The van der Waals surface area contributed by atoms with Crippen molar-refractivity contribution >= 4 is 55.0 Å². The molecule has 6 rings (SSSR count). The quantitative estimate of drug-likeness (QED) is 0.263. The average molecular weight is 727 g/mol. The van der Waals surface area contributed by atoms with Gasteiger partial charge >= 0.3 is 11.7 Å². The second-order valence-electron chi connectivity index (χ2n) is 11.4. The van der Waals surface area contributed by atoms with E-state index in [0.717, 1.165) is 18.4 Å². The van der Waals surface area contributed by atoms with Gasteiger partial charge in [0.05, 0.1) is 14.5 Å². The molecule has 3 amide bonds. The summed E-state index contributed by atoms with van der Waals surface area (Å²) in [5, 5.41) is 13.2. The molecule has 230 valence electrons. The molecule has 11 nitrogen and oxygen atoms in total. The maximum atomic E-state index is 13.9. The third kappa shape index (κ3) is 6.39. The van der Waals surface area contributed by atoms with Crippen LogP contribution < -0.4 is 11.0 Å². The first-order valence-electron chi connectivity index (χ1n) is 14.7. The molecule has 4 aromatic rings. The highest BCUT2D eigenvalue weighted by molar-refractivity contribution is 9.11. The van der Waals surface area contributed by atoms with E-state index < -0.39 is 6.04 Å². The average Bonchev–Trinajstić information content (AvgIpc) is 3.39. The van der Waals surface area contributed by atoms with E-state index in [-0.39, 0.29) is 35.8 Å². The van der Waals surface area contributed by atoms with Gasteiger partial charge in [-0.15, -0.1) is 0 Å². The molecular weight excluding hydrogens is 694 g/mol. The first kappa shape index (κ1) is 30.3. The van der Waals surface area contributed by atoms with Crippen LogP contribution in [0.3, 0.4) is 0 Å². The number of carbonyl (C=O) groups excluding carboxylic acids is 2. The van der Waals surface area contributed by atoms with Gasteiger partial charge in [0.15, 0.2) is 5.65 Å². The third-order valence-electron chi connectivity index (χ3n) is 8.69. The molecule has 2 aliphatic heterocycles. The number of piperidine rings is 2. The van der Waals surface area contributed by atoms with Crippen LogP contribution in [-0.4, -0.2) is 78.6 Å². The van der Waals surface area contributed by atoms with E-state index in [4.69, 9.17) is 0 Å². The Bertz CT molecular complexity index is 1690. The Balaban J connectivity index is 1.14. The summed E-state index contributed by atoms with van der Waals surface area (Å²) < 4.78 is 2.69. The molecular formula is C31H33Br2N7O4. The van der Waals surface area contributed by atoms with Crippen LogP contribution in [0.15, 0.2) is 68.7 Å². The number of carbonyl (C=O) groups is 2. The molecule has 1 aromatic carbocycles. The third-order valence-corrected chi connectivity index (χ3v) is 9.90. The first-order valence-corrected chi connectivity index (χ1v) is 16.3. The second kappa shape index (κ2) is 13.1. The van der Waals surface area contributed by atoms with Gasteiger partial charge in [0, 0.05) is 57.2 Å². The molecule has 0 saturated carbocycles. The predicted octanol–water partition coefficient (Wildman–Crippen LogP) is 4.71. The number of amides is 3. The Hall–Kier alpha value is -3.71. The summed E-state index contributed by atoms with van der Waals surface area (Å²) in [6, 6.07) is 10.0. The van der Waals surface area contributed by atoms with E-state index in [9.17, 15) is 19.5 Å². The number of pyridine rings is 2. The van der Waals surface area contributed by atoms with Crippen molar-refractivity contribution in [2.24, 2.45) is 0 Å². The molecule has 0 spiro atoms. The standard InChI is InChI=1S/C31H33Br2N7O4/c32-23-16-19(17-24(33)27(23)41)18-26(29(42)38-12-5-21(6-13-38)20-3-10-34-11-4-20)37-30(43)39-14-7-22(8-15-39)40-28-25(36-31(40)44)2-1-9-35-28/h1-4,9-11,16-17,21-22,26,41H,5-8,12-15,18H2,(H,36,44)(H,37,43)/t26-/m0/s1. The minimum Gasteiger partial charge on any atom is -0.506 e. The van der Waals surface area contributed by atoms with Crippen molar-refractivity contribution in [1.29, 1.82) is 0 Å². The van der Waals surface area contributed by atoms with Crippen molar-refractivity contribution in [3.05, 3.63) is 85.5 Å². The monoisotopic (exact) mass is 725 g/mol. The second-order valence-corrected chi connectivity index (χ2v) is 13.1. The summed E-state index contributed by atoms with van der Waals surface area (Å²) in [4.78, 5) is 55.1. The Morgan fingerprint density at radius 3 is 2.32 bits per heavy atom. The Kier molecular flexibility index (Phi) is 9.03. The lowest BCUT2D eigenvalue weighted by Crippen LogP contribution is -2.55. The molecule has 3 aromatic heterocycles. The number of aromatic nitrogens is 4. The van der Waals surface area contributed by atoms with Crippen LogP contribution in [0.5, 0.6) is 5.75 Å². The van der Waals surface area contributed by atoms with Crippen LogP contribution in [-0.2, 0) is 11.2 Å². The maximum Gasteiger partial charge on any atom is 0.327 e. The minimum atomic E-state index is -0.790. The van der Waals surface area contributed by atoms with E-state index in [0.29, 0.717) is 65.0 Å². The number of nitrogens with zero attached hydrogens (tertiary/aromatic N) is 5. The van der Waals surface area contributed by atoms with Crippen molar-refractivity contribution in [1.82, 2.24) is 34.6 Å². The van der Waals surface area contributed by atoms with Crippen molar-refractivity contribution in [2.45, 2.75) is 50.1 Å². The van der Waals surface area contributed by atoms with Gasteiger partial charge in [-0.1, -0.05) is 0 Å². The van der Waals surface area contributed by atoms with Crippen LogP contribution >= 0.6 is 31.9 Å². The minimum absolute atomic E-state index is 0.0752. The molecule has 3 N–H and O–H groups in total. The lowest BCUT2D eigenvalue weighted by atomic mass is 9.89. The summed E-state index contributed by atoms with van der Waals surface area (Å²) in [5.41, 5.74) is 3.12. The largest absolute Gasteiger partial charge is 0.506 e. The number of hydrogen-bond acceptors (Lipinski definition) is 6. The highest BCUT2D eigenvalue weighted by Crippen LogP contribution is 2.34. The summed E-state index contributed by atoms with van der Waals surface area (Å²) in [7, 11) is 0. The smallest absolute Gasteiger partial charge is 0.327 e. The first-order chi connectivity index (χ1) is 21.3. The number of benzene rings is 1. The van der Waals surface area contributed by atoms with Crippen LogP contribution in [0.1, 0.15) is 48.8 Å². The molecule has 0 radical (unpaired) electrons. The summed E-state index contributed by atoms with van der Waals surface area (Å²) >= 11 is 6.76. The topological polar surface area (TPSA) is 136 Å². The lowest BCUT2D eigenvalue weighted by molar-refractivity contribution is -0.134. The Morgan fingerprint density at radius 1 is 0.977 bits per heavy atom. The molecule has 0 bridgehead atoms. The molecule has 13 heteroatoms. The highest BCUT2D eigenvalue weighted by atomic mass is 79.9. The number of aromatic hydroxyl groups is 1. The van der Waals surface area contributed by atoms with Gasteiger partial charge in [0.25, 0.3) is 0 Å². The number of imidazole rings is 1. The van der Waals surface area contributed by atoms with Crippen LogP contribution in [0.25, 0.3) is 11.2 Å². The number of halogens is 2. The van der Waals surface area contributed by atoms with Gasteiger partial charge < -0.3 is 25.2 Å². The number of fused-ring (bicyclic) bond motifs is 1. The number of rotatable bonds is 6. The van der Waals surface area contributed by atoms with Crippen molar-refractivity contribution in [3.8, 4) is 5.75 Å². The predicted molar refractivity (Wildman–Crippen MR) is 173 cm³/mol. The normalized spacial score (nSPS) is 17.1. The number of hydrogen-bond donors (Lipinski definition) is 3. The number of aromatic amines is 1. The number of phenols is 1. The fourth-order valence-electron chi connectivity index (χ4n) is 6.33. The number of urea groups is 1. The van der Waals surface area contributed by atoms with Gasteiger partial charge in [0.1, 0.15) is 11.8 Å². The molecule has 2 aliphatic rings. The maximum absolute atomic E-state index is 13.9. The zero-order chi connectivity index (χ0) is 30.8. The fourth-order valence-corrected chi connectivity index (χ4v) is 7.61. The molecule has 5 heterocycles. The summed E-state index contributed by atoms with van der Waals surface area (Å²) in [6.45, 7) is 2.08. The van der Waals surface area contributed by atoms with Crippen LogP contribution in [0.2, 0.25) is 0 Å². The molecule has 2 fully saturated rings. The lowest BCUT2D eigenvalue weighted by Gasteiger charge is -2.36. The molecule has 0 aliphatic carbocycles. The summed E-state index contributed by atoms with van der Waals surface area (Å²) in [6.07, 6.45) is 8.38. The van der Waals surface area contributed by atoms with Crippen LogP contribution in [0.4, 0.5) is 4.79 Å². The number of nitrogens with one attached hydrogen (secondary N) is 2. The Labute approximate surface area is 270 Å². The zero-order valence-corrected chi connectivity index (χ0v) is 27.1. The van der Waals surface area contributed by atoms with Crippen molar-refractivity contribution < 1.29 is 14.7 Å². The Morgan fingerprint density at radius 2 is 1.64 bits per heavy atom. The van der Waals surface area contributed by atoms with Crippen molar-refractivity contribution in [2.75, 3.05) is 26.2 Å². The number of likely N-dealkylation sites (tertiary alicyclic amines) is 2. The molecule has 44 heavy (non-hydrogen) atoms. The molecule has 1 atom stereocenters. The number of phenolic OH excluding ortho intramolecular Hbond substituents is 1. The molecule has 2 saturated heterocycles. The van der Waals surface area contributed by atoms with E-state index in [2.05, 4.69) is 52.1 Å². The van der Waals surface area contributed by atoms with E-state index in [1.165, 1.54) is 5.56 Å². The van der Waals surface area contributed by atoms with E-state index in [1.807, 2.05) is 23.1 Å². The summed E-state index contributed by atoms with van der Waals surface area (Å²) in [5.74, 6) is 0.310. The van der Waals surface area contributed by atoms with Gasteiger partial charge in [-0.05, 0) is 111 Å². The van der Waals surface area contributed by atoms with Gasteiger partial charge in [-0.25, -0.2) is 14.6 Å². The zero-order valence-electron chi connectivity index (χ0n) is 24.0. The van der Waals surface area contributed by atoms with Gasteiger partial charge in [-0.2, -0.15) is 0 Å². The van der Waals surface area contributed by atoms with E-state index >= 15 is 0 Å². The van der Waals surface area contributed by atoms with Crippen LogP contribution in [0, 0.1) is 0 Å². The van der Waals surface area contributed by atoms with E-state index in [1.54, 1.807) is 46.3 Å². The fraction of sp³-hybridized carbons (Fsp3) is 0.387. The highest BCUT2D eigenvalue weighted by Gasteiger charge is 2.33.